The third-order valence-electron chi connectivity index (χ3n) is 4.22. The summed E-state index contributed by atoms with van der Waals surface area (Å²) in [7, 11) is 1.59. The Morgan fingerprint density at radius 3 is 2.70 bits per heavy atom. The van der Waals surface area contributed by atoms with Gasteiger partial charge in [0.2, 0.25) is 0 Å². The van der Waals surface area contributed by atoms with Crippen molar-refractivity contribution in [3.05, 3.63) is 59.7 Å². The smallest absolute Gasteiger partial charge is 0.319 e. The highest BCUT2D eigenvalue weighted by atomic mass is 16.5. The number of aliphatic hydroxyl groups is 1. The largest absolute Gasteiger partial charge is 0.497 e. The molecular weight excluding hydrogens is 292 g/mol. The van der Waals surface area contributed by atoms with E-state index in [0.717, 1.165) is 23.3 Å². The van der Waals surface area contributed by atoms with Gasteiger partial charge in [-0.15, -0.1) is 0 Å². The molecule has 1 atom stereocenters. The molecule has 3 N–H and O–H groups in total. The number of ether oxygens (including phenoxy) is 1. The molecule has 1 unspecified atom stereocenters. The molecule has 5 heteroatoms. The van der Waals surface area contributed by atoms with Crippen LogP contribution in [-0.4, -0.2) is 24.8 Å². The molecule has 0 aliphatic heterocycles. The van der Waals surface area contributed by atoms with Crippen LogP contribution in [0, 0.1) is 0 Å². The average molecular weight is 312 g/mol. The zero-order valence-electron chi connectivity index (χ0n) is 13.0. The van der Waals surface area contributed by atoms with E-state index in [1.807, 2.05) is 24.3 Å². The molecule has 2 amide bonds. The van der Waals surface area contributed by atoms with E-state index < -0.39 is 5.60 Å². The van der Waals surface area contributed by atoms with Crippen LogP contribution in [0.2, 0.25) is 0 Å². The van der Waals surface area contributed by atoms with Crippen molar-refractivity contribution >= 4 is 11.7 Å². The number of hydrogen-bond acceptors (Lipinski definition) is 3. The van der Waals surface area contributed by atoms with Crippen LogP contribution >= 0.6 is 0 Å². The summed E-state index contributed by atoms with van der Waals surface area (Å²) in [5, 5.41) is 16.3. The van der Waals surface area contributed by atoms with E-state index >= 15 is 0 Å². The van der Waals surface area contributed by atoms with Crippen LogP contribution < -0.4 is 15.4 Å². The number of fused-ring (bicyclic) bond motifs is 1. The molecule has 3 rings (SSSR count). The van der Waals surface area contributed by atoms with E-state index in [1.54, 1.807) is 31.4 Å². The van der Waals surface area contributed by atoms with Crippen molar-refractivity contribution in [1.29, 1.82) is 0 Å². The fraction of sp³-hybridized carbons (Fsp3) is 0.278. The summed E-state index contributed by atoms with van der Waals surface area (Å²) in [6, 6.07) is 14.5. The Morgan fingerprint density at radius 2 is 1.96 bits per heavy atom. The number of benzene rings is 2. The van der Waals surface area contributed by atoms with Crippen LogP contribution in [0.5, 0.6) is 5.75 Å². The molecule has 0 spiro atoms. The van der Waals surface area contributed by atoms with Gasteiger partial charge in [0.15, 0.2) is 0 Å². The van der Waals surface area contributed by atoms with E-state index in [2.05, 4.69) is 10.6 Å². The Morgan fingerprint density at radius 1 is 1.22 bits per heavy atom. The van der Waals surface area contributed by atoms with Gasteiger partial charge in [0.05, 0.1) is 13.7 Å². The molecule has 1 aliphatic carbocycles. The minimum Gasteiger partial charge on any atom is -0.497 e. The maximum absolute atomic E-state index is 12.0. The normalized spacial score (nSPS) is 19.0. The molecule has 1 aliphatic rings. The van der Waals surface area contributed by atoms with Gasteiger partial charge in [0.25, 0.3) is 0 Å². The van der Waals surface area contributed by atoms with Crippen LogP contribution in [0.1, 0.15) is 17.5 Å². The summed E-state index contributed by atoms with van der Waals surface area (Å²) in [4.78, 5) is 12.0. The van der Waals surface area contributed by atoms with E-state index in [1.165, 1.54) is 0 Å². The van der Waals surface area contributed by atoms with Crippen LogP contribution in [-0.2, 0) is 12.0 Å². The first-order chi connectivity index (χ1) is 11.1. The van der Waals surface area contributed by atoms with Gasteiger partial charge in [-0.2, -0.15) is 0 Å². The average Bonchev–Trinajstić information content (AvgIpc) is 2.92. The second-order valence-corrected chi connectivity index (χ2v) is 5.72. The lowest BCUT2D eigenvalue weighted by molar-refractivity contribution is 0.0417. The lowest BCUT2D eigenvalue weighted by Gasteiger charge is -2.24. The Labute approximate surface area is 135 Å². The molecule has 120 valence electrons. The number of rotatable bonds is 4. The third kappa shape index (κ3) is 3.29. The third-order valence-corrected chi connectivity index (χ3v) is 4.22. The Hall–Kier alpha value is -2.53. The predicted molar refractivity (Wildman–Crippen MR) is 88.7 cm³/mol. The number of carbonyl (C=O) groups excluding carboxylic acids is 1. The molecule has 2 aromatic rings. The zero-order chi connectivity index (χ0) is 16.3. The van der Waals surface area contributed by atoms with Crippen molar-refractivity contribution in [1.82, 2.24) is 5.32 Å². The van der Waals surface area contributed by atoms with Gasteiger partial charge in [-0.3, -0.25) is 0 Å². The van der Waals surface area contributed by atoms with Crippen LogP contribution in [0.3, 0.4) is 0 Å². The minimum atomic E-state index is -0.992. The summed E-state index contributed by atoms with van der Waals surface area (Å²) < 4.78 is 5.07. The van der Waals surface area contributed by atoms with Gasteiger partial charge in [-0.1, -0.05) is 24.3 Å². The van der Waals surface area contributed by atoms with E-state index in [9.17, 15) is 9.90 Å². The first-order valence-corrected chi connectivity index (χ1v) is 7.60. The first-order valence-electron chi connectivity index (χ1n) is 7.60. The molecule has 0 saturated carbocycles. The van der Waals surface area contributed by atoms with Crippen molar-refractivity contribution in [3.8, 4) is 5.75 Å². The number of hydrogen-bond donors (Lipinski definition) is 3. The fourth-order valence-corrected chi connectivity index (χ4v) is 2.93. The molecular formula is C18H20N2O3. The highest BCUT2D eigenvalue weighted by molar-refractivity contribution is 5.89. The standard InChI is InChI=1S/C18H20N2O3/c1-23-15-8-6-14(7-9-15)20-17(21)19-12-18(22)11-10-13-4-2-3-5-16(13)18/h2-9,22H,10-12H2,1H3,(H2,19,20,21). The molecule has 0 heterocycles. The second kappa shape index (κ2) is 6.30. The number of urea groups is 1. The summed E-state index contributed by atoms with van der Waals surface area (Å²) in [6.07, 6.45) is 1.45. The molecule has 0 fully saturated rings. The van der Waals surface area contributed by atoms with Crippen LogP contribution in [0.25, 0.3) is 0 Å². The topological polar surface area (TPSA) is 70.6 Å². The highest BCUT2D eigenvalue weighted by Gasteiger charge is 2.36. The van der Waals surface area contributed by atoms with Gasteiger partial charge in [0, 0.05) is 5.69 Å². The maximum Gasteiger partial charge on any atom is 0.319 e. The van der Waals surface area contributed by atoms with Gasteiger partial charge < -0.3 is 20.5 Å². The van der Waals surface area contributed by atoms with Crippen molar-refractivity contribution in [2.75, 3.05) is 19.0 Å². The van der Waals surface area contributed by atoms with E-state index in [0.29, 0.717) is 12.1 Å². The minimum absolute atomic E-state index is 0.187. The van der Waals surface area contributed by atoms with Crippen molar-refractivity contribution in [2.24, 2.45) is 0 Å². The summed E-state index contributed by atoms with van der Waals surface area (Å²) in [5.41, 5.74) is 1.73. The monoisotopic (exact) mass is 312 g/mol. The first kappa shape index (κ1) is 15.4. The molecule has 0 bridgehead atoms. The number of anilines is 1. The molecule has 0 radical (unpaired) electrons. The Balaban J connectivity index is 1.59. The van der Waals surface area contributed by atoms with E-state index in [4.69, 9.17) is 4.74 Å². The number of amides is 2. The van der Waals surface area contributed by atoms with Crippen molar-refractivity contribution in [2.45, 2.75) is 18.4 Å². The van der Waals surface area contributed by atoms with Gasteiger partial charge in [-0.25, -0.2) is 4.79 Å². The zero-order valence-corrected chi connectivity index (χ0v) is 13.0. The number of aryl methyl sites for hydroxylation is 1. The molecule has 0 saturated heterocycles. The lowest BCUT2D eigenvalue weighted by Crippen LogP contribution is -2.41. The maximum atomic E-state index is 12.0. The molecule has 23 heavy (non-hydrogen) atoms. The SMILES string of the molecule is COc1ccc(NC(=O)NCC2(O)CCc3ccccc32)cc1. The summed E-state index contributed by atoms with van der Waals surface area (Å²) in [6.45, 7) is 0.187. The molecule has 2 aromatic carbocycles. The van der Waals surface area contributed by atoms with Crippen molar-refractivity contribution in [3.63, 3.8) is 0 Å². The van der Waals surface area contributed by atoms with Crippen LogP contribution in [0.4, 0.5) is 10.5 Å². The predicted octanol–water partition coefficient (Wildman–Crippen LogP) is 2.65. The fourth-order valence-electron chi connectivity index (χ4n) is 2.93. The number of carbonyl (C=O) groups is 1. The van der Waals surface area contributed by atoms with Crippen molar-refractivity contribution < 1.29 is 14.6 Å². The van der Waals surface area contributed by atoms with Crippen LogP contribution in [0.15, 0.2) is 48.5 Å². The number of methoxy groups -OCH3 is 1. The summed E-state index contributed by atoms with van der Waals surface area (Å²) in [5.74, 6) is 0.729. The Kier molecular flexibility index (Phi) is 4.21. The number of nitrogens with one attached hydrogen (secondary N) is 2. The van der Waals surface area contributed by atoms with Gasteiger partial charge in [-0.05, 0) is 48.2 Å². The lowest BCUT2D eigenvalue weighted by atomic mass is 9.96. The Bertz CT molecular complexity index is 700. The highest BCUT2D eigenvalue weighted by Crippen LogP contribution is 2.36. The van der Waals surface area contributed by atoms with Gasteiger partial charge >= 0.3 is 6.03 Å². The summed E-state index contributed by atoms with van der Waals surface area (Å²) >= 11 is 0. The second-order valence-electron chi connectivity index (χ2n) is 5.72. The molecule has 5 nitrogen and oxygen atoms in total. The van der Waals surface area contributed by atoms with E-state index in [-0.39, 0.29) is 12.6 Å². The molecule has 0 aromatic heterocycles. The van der Waals surface area contributed by atoms with Gasteiger partial charge in [0.1, 0.15) is 11.4 Å². The quantitative estimate of drug-likeness (QED) is 0.813.